The number of para-hydroxylation sites is 1. The summed E-state index contributed by atoms with van der Waals surface area (Å²) in [5.41, 5.74) is 9.69. The minimum Gasteiger partial charge on any atom is -0.462 e. The Kier molecular flexibility index (Phi) is 8.56. The van der Waals surface area contributed by atoms with Crippen LogP contribution in [-0.2, 0) is 4.74 Å². The Morgan fingerprint density at radius 1 is 0.651 bits per heavy atom. The molecule has 5 aromatic carbocycles. The summed E-state index contributed by atoms with van der Waals surface area (Å²) in [4.78, 5) is 12.8. The molecule has 0 N–H and O–H groups in total. The Labute approximate surface area is 253 Å². The van der Waals surface area contributed by atoms with Gasteiger partial charge < -0.3 is 4.74 Å². The Morgan fingerprint density at radius 2 is 1.26 bits per heavy atom. The highest BCUT2D eigenvalue weighted by atomic mass is 16.5. The number of nitrogens with zero attached hydrogens (tertiary/aromatic N) is 2. The summed E-state index contributed by atoms with van der Waals surface area (Å²) >= 11 is 0. The van der Waals surface area contributed by atoms with Crippen molar-refractivity contribution in [1.82, 2.24) is 0 Å². The van der Waals surface area contributed by atoms with E-state index in [-0.39, 0.29) is 5.97 Å². The first-order chi connectivity index (χ1) is 21.2. The number of ether oxygens (including phenoxy) is 1. The molecule has 4 heteroatoms. The zero-order chi connectivity index (χ0) is 29.4. The van der Waals surface area contributed by atoms with Crippen molar-refractivity contribution in [2.45, 2.75) is 26.2 Å². The molecule has 0 amide bonds. The molecule has 0 aliphatic heterocycles. The summed E-state index contributed by atoms with van der Waals surface area (Å²) in [7, 11) is 0. The van der Waals surface area contributed by atoms with Crippen LogP contribution in [0.5, 0.6) is 0 Å². The maximum Gasteiger partial charge on any atom is 0.338 e. The summed E-state index contributed by atoms with van der Waals surface area (Å²) in [5.74, 6) is -0.283. The lowest BCUT2D eigenvalue weighted by atomic mass is 10.0. The van der Waals surface area contributed by atoms with Crippen LogP contribution in [0.4, 0.5) is 11.4 Å². The molecule has 6 rings (SSSR count). The molecule has 5 aromatic rings. The topological polar surface area (TPSA) is 41.9 Å². The van der Waals surface area contributed by atoms with Gasteiger partial charge in [-0.2, -0.15) is 5.10 Å². The number of rotatable bonds is 10. The number of hydrogen-bond donors (Lipinski definition) is 0. The highest BCUT2D eigenvalue weighted by molar-refractivity contribution is 6.25. The lowest BCUT2D eigenvalue weighted by Crippen LogP contribution is -2.14. The van der Waals surface area contributed by atoms with Crippen molar-refractivity contribution in [1.29, 1.82) is 0 Å². The third-order valence-corrected chi connectivity index (χ3v) is 7.57. The first-order valence-corrected chi connectivity index (χ1v) is 14.9. The second-order valence-corrected chi connectivity index (χ2v) is 10.6. The molecule has 0 fully saturated rings. The van der Waals surface area contributed by atoms with Gasteiger partial charge in [-0.15, -0.1) is 0 Å². The zero-order valence-electron chi connectivity index (χ0n) is 24.3. The van der Waals surface area contributed by atoms with Gasteiger partial charge in [0.15, 0.2) is 0 Å². The van der Waals surface area contributed by atoms with Crippen LogP contribution in [0.1, 0.15) is 58.8 Å². The van der Waals surface area contributed by atoms with Gasteiger partial charge in [0.05, 0.1) is 29.3 Å². The summed E-state index contributed by atoms with van der Waals surface area (Å²) in [6.45, 7) is 2.58. The number of hydrazone groups is 1. The fraction of sp³-hybridized carbons (Fsp3) is 0.128. The number of carbonyl (C=O) groups excluding carboxylic acids is 1. The summed E-state index contributed by atoms with van der Waals surface area (Å²) in [6.07, 6.45) is 7.26. The quantitative estimate of drug-likeness (QED) is 0.0722. The van der Waals surface area contributed by atoms with Gasteiger partial charge in [0.2, 0.25) is 0 Å². The minimum absolute atomic E-state index is 0.283. The molecule has 0 radical (unpaired) electrons. The van der Waals surface area contributed by atoms with Crippen molar-refractivity contribution in [3.05, 3.63) is 155 Å². The molecule has 0 bridgehead atoms. The predicted octanol–water partition coefficient (Wildman–Crippen LogP) is 9.78. The van der Waals surface area contributed by atoms with Crippen LogP contribution >= 0.6 is 0 Å². The Balaban J connectivity index is 1.35. The van der Waals surface area contributed by atoms with Gasteiger partial charge in [-0.05, 0) is 65.1 Å². The van der Waals surface area contributed by atoms with Gasteiger partial charge in [0.25, 0.3) is 0 Å². The third-order valence-electron chi connectivity index (χ3n) is 7.57. The van der Waals surface area contributed by atoms with E-state index in [9.17, 15) is 4.79 Å². The van der Waals surface area contributed by atoms with E-state index in [1.807, 2.05) is 71.7 Å². The number of unbranched alkanes of at least 4 members (excludes halogenated alkanes) is 2. The first-order valence-electron chi connectivity index (χ1n) is 14.9. The number of esters is 1. The first kappa shape index (κ1) is 27.9. The molecule has 0 heterocycles. The van der Waals surface area contributed by atoms with E-state index in [1.54, 1.807) is 0 Å². The van der Waals surface area contributed by atoms with Gasteiger partial charge >= 0.3 is 5.97 Å². The Hall–Kier alpha value is -5.22. The van der Waals surface area contributed by atoms with Crippen LogP contribution in [0.2, 0.25) is 0 Å². The van der Waals surface area contributed by atoms with E-state index in [2.05, 4.69) is 79.7 Å². The minimum atomic E-state index is -0.283. The molecular formula is C39H34N2O2. The van der Waals surface area contributed by atoms with Gasteiger partial charge in [-0.25, -0.2) is 9.80 Å². The van der Waals surface area contributed by atoms with Crippen molar-refractivity contribution in [3.8, 4) is 11.1 Å². The zero-order valence-corrected chi connectivity index (χ0v) is 24.3. The normalized spacial score (nSPS) is 12.7. The van der Waals surface area contributed by atoms with Crippen LogP contribution in [0.25, 0.3) is 23.3 Å². The highest BCUT2D eigenvalue weighted by Crippen LogP contribution is 2.39. The standard InChI is InChI=1S/C39H34N2O2/c1-2-3-12-27-43-39(42)31-23-26-36-37(28-31)34-17-10-11-18-35(34)38(36)40-41(32-15-8-5-9-16-32)33-24-21-30(22-25-33)20-19-29-13-6-4-7-14-29/h4-11,13-26,28H,2-3,12,27H2,1H3. The Morgan fingerprint density at radius 3 is 1.98 bits per heavy atom. The van der Waals surface area contributed by atoms with Crippen LogP contribution in [0.15, 0.2) is 132 Å². The SMILES string of the molecule is CCCCCOC(=O)c1ccc2c(c1)-c1ccccc1C2=NN(c1ccccc1)c1ccc(C=Cc2ccccc2)cc1. The smallest absolute Gasteiger partial charge is 0.338 e. The fourth-order valence-electron chi connectivity index (χ4n) is 5.30. The van der Waals surface area contributed by atoms with Gasteiger partial charge in [0, 0.05) is 11.1 Å². The van der Waals surface area contributed by atoms with E-state index in [0.717, 1.165) is 69.7 Å². The molecule has 0 saturated carbocycles. The second-order valence-electron chi connectivity index (χ2n) is 10.6. The molecule has 0 spiro atoms. The molecule has 0 unspecified atom stereocenters. The van der Waals surface area contributed by atoms with Gasteiger partial charge in [-0.1, -0.05) is 123 Å². The molecule has 4 nitrogen and oxygen atoms in total. The van der Waals surface area contributed by atoms with Crippen LogP contribution in [0, 0.1) is 0 Å². The highest BCUT2D eigenvalue weighted by Gasteiger charge is 2.27. The fourth-order valence-corrected chi connectivity index (χ4v) is 5.30. The van der Waals surface area contributed by atoms with Crippen molar-refractivity contribution >= 4 is 35.2 Å². The molecule has 0 saturated heterocycles. The maximum atomic E-state index is 12.8. The monoisotopic (exact) mass is 562 g/mol. The number of anilines is 2. The lowest BCUT2D eigenvalue weighted by Gasteiger charge is -2.21. The van der Waals surface area contributed by atoms with Crippen molar-refractivity contribution in [3.63, 3.8) is 0 Å². The van der Waals surface area contributed by atoms with Crippen LogP contribution in [-0.4, -0.2) is 18.3 Å². The van der Waals surface area contributed by atoms with Crippen LogP contribution in [0.3, 0.4) is 0 Å². The number of fused-ring (bicyclic) bond motifs is 3. The molecule has 0 aromatic heterocycles. The van der Waals surface area contributed by atoms with Gasteiger partial charge in [-0.3, -0.25) is 0 Å². The molecule has 43 heavy (non-hydrogen) atoms. The molecule has 0 atom stereocenters. The van der Waals surface area contributed by atoms with E-state index in [0.29, 0.717) is 12.2 Å². The van der Waals surface area contributed by atoms with Crippen LogP contribution < -0.4 is 5.01 Å². The van der Waals surface area contributed by atoms with E-state index < -0.39 is 0 Å². The second kappa shape index (κ2) is 13.2. The Bertz CT molecular complexity index is 1760. The van der Waals surface area contributed by atoms with Crippen molar-refractivity contribution in [2.75, 3.05) is 11.6 Å². The molecule has 212 valence electrons. The van der Waals surface area contributed by atoms with E-state index >= 15 is 0 Å². The number of benzene rings is 5. The molecule has 1 aliphatic rings. The average molecular weight is 563 g/mol. The number of carbonyl (C=O) groups is 1. The van der Waals surface area contributed by atoms with E-state index in [1.165, 1.54) is 0 Å². The van der Waals surface area contributed by atoms with E-state index in [4.69, 9.17) is 9.84 Å². The predicted molar refractivity (Wildman–Crippen MR) is 178 cm³/mol. The van der Waals surface area contributed by atoms with Crippen molar-refractivity contribution in [2.24, 2.45) is 5.10 Å². The summed E-state index contributed by atoms with van der Waals surface area (Å²) < 4.78 is 5.55. The number of hydrogen-bond acceptors (Lipinski definition) is 4. The van der Waals surface area contributed by atoms with Gasteiger partial charge in [0.1, 0.15) is 0 Å². The third kappa shape index (κ3) is 6.34. The maximum absolute atomic E-state index is 12.8. The summed E-state index contributed by atoms with van der Waals surface area (Å²) in [5, 5.41) is 7.27. The summed E-state index contributed by atoms with van der Waals surface area (Å²) in [6, 6.07) is 42.9. The average Bonchev–Trinajstić information content (AvgIpc) is 3.38. The molecular weight excluding hydrogens is 528 g/mol. The largest absolute Gasteiger partial charge is 0.462 e. The van der Waals surface area contributed by atoms with Crippen molar-refractivity contribution < 1.29 is 9.53 Å². The lowest BCUT2D eigenvalue weighted by molar-refractivity contribution is 0.0498. The molecule has 1 aliphatic carbocycles.